The molecule has 0 spiro atoms. The maximum Gasteiger partial charge on any atom is 0.0577 e. The van der Waals surface area contributed by atoms with Crippen LogP contribution in [-0.4, -0.2) is 23.9 Å². The van der Waals surface area contributed by atoms with E-state index >= 15 is 0 Å². The van der Waals surface area contributed by atoms with Gasteiger partial charge in [-0.2, -0.15) is 0 Å². The Morgan fingerprint density at radius 2 is 2.36 bits per heavy atom. The summed E-state index contributed by atoms with van der Waals surface area (Å²) in [5.74, 6) is 2.58. The zero-order chi connectivity index (χ0) is 10.2. The summed E-state index contributed by atoms with van der Waals surface area (Å²) in [7, 11) is 0. The molecule has 0 bridgehead atoms. The average Bonchev–Trinajstić information content (AvgIpc) is 2.68. The van der Waals surface area contributed by atoms with Gasteiger partial charge in [0.25, 0.3) is 0 Å². The number of hydrogen-bond acceptors (Lipinski definition) is 2. The Hall–Kier alpha value is -0.520. The smallest absolute Gasteiger partial charge is 0.0577 e. The minimum Gasteiger partial charge on any atom is -0.393 e. The summed E-state index contributed by atoms with van der Waals surface area (Å²) in [5, 5.41) is 9.61. The number of terminal acetylenes is 1. The van der Waals surface area contributed by atoms with Gasteiger partial charge in [0.1, 0.15) is 0 Å². The van der Waals surface area contributed by atoms with Gasteiger partial charge in [0, 0.05) is 13.0 Å². The Morgan fingerprint density at radius 3 is 3.00 bits per heavy atom. The molecule has 1 aliphatic rings. The highest BCUT2D eigenvalue weighted by Gasteiger charge is 2.16. The fourth-order valence-corrected chi connectivity index (χ4v) is 1.83. The number of ether oxygens (including phenoxy) is 1. The van der Waals surface area contributed by atoms with Gasteiger partial charge in [0.15, 0.2) is 0 Å². The maximum absolute atomic E-state index is 9.61. The van der Waals surface area contributed by atoms with Gasteiger partial charge in [-0.1, -0.05) is 0 Å². The monoisotopic (exact) mass is 196 g/mol. The number of rotatable bonds is 6. The molecule has 1 aliphatic heterocycles. The zero-order valence-electron chi connectivity index (χ0n) is 8.74. The molecule has 14 heavy (non-hydrogen) atoms. The van der Waals surface area contributed by atoms with Crippen molar-refractivity contribution in [3.8, 4) is 12.3 Å². The first-order valence-corrected chi connectivity index (χ1v) is 5.56. The molecule has 2 heteroatoms. The first-order valence-electron chi connectivity index (χ1n) is 5.56. The molecule has 0 aromatic rings. The van der Waals surface area contributed by atoms with E-state index in [-0.39, 0.29) is 6.10 Å². The van der Waals surface area contributed by atoms with Crippen LogP contribution < -0.4 is 0 Å². The topological polar surface area (TPSA) is 29.5 Å². The summed E-state index contributed by atoms with van der Waals surface area (Å²) in [5.41, 5.74) is 0. The SMILES string of the molecule is C#CCCCC(O)CCC1CCCO1. The van der Waals surface area contributed by atoms with Crippen molar-refractivity contribution in [3.05, 3.63) is 0 Å². The van der Waals surface area contributed by atoms with Gasteiger partial charge in [-0.05, 0) is 38.5 Å². The highest BCUT2D eigenvalue weighted by atomic mass is 16.5. The van der Waals surface area contributed by atoms with Crippen LogP contribution in [0, 0.1) is 12.3 Å². The standard InChI is InChI=1S/C12H20O2/c1-2-3-4-6-11(13)8-9-12-7-5-10-14-12/h1,11-13H,3-10H2. The summed E-state index contributed by atoms with van der Waals surface area (Å²) >= 11 is 0. The van der Waals surface area contributed by atoms with Crippen LogP contribution in [0.25, 0.3) is 0 Å². The molecule has 1 N–H and O–H groups in total. The van der Waals surface area contributed by atoms with Crippen LogP contribution in [0.15, 0.2) is 0 Å². The van der Waals surface area contributed by atoms with Gasteiger partial charge in [0.2, 0.25) is 0 Å². The fourth-order valence-electron chi connectivity index (χ4n) is 1.83. The van der Waals surface area contributed by atoms with Crippen LogP contribution in [0.5, 0.6) is 0 Å². The summed E-state index contributed by atoms with van der Waals surface area (Å²) in [6, 6.07) is 0. The number of aliphatic hydroxyl groups is 1. The minimum absolute atomic E-state index is 0.187. The fraction of sp³-hybridized carbons (Fsp3) is 0.833. The predicted molar refractivity (Wildman–Crippen MR) is 56.9 cm³/mol. The first-order chi connectivity index (χ1) is 6.83. The van der Waals surface area contributed by atoms with E-state index in [1.807, 2.05) is 0 Å². The molecular formula is C12H20O2. The molecule has 80 valence electrons. The Bertz CT molecular complexity index is 177. The van der Waals surface area contributed by atoms with Crippen molar-refractivity contribution in [2.24, 2.45) is 0 Å². The molecule has 0 radical (unpaired) electrons. The summed E-state index contributed by atoms with van der Waals surface area (Å²) in [4.78, 5) is 0. The van der Waals surface area contributed by atoms with Crippen LogP contribution in [0.3, 0.4) is 0 Å². The van der Waals surface area contributed by atoms with Gasteiger partial charge in [-0.3, -0.25) is 0 Å². The molecule has 0 saturated carbocycles. The van der Waals surface area contributed by atoms with E-state index < -0.39 is 0 Å². The normalized spacial score (nSPS) is 23.3. The number of unbranched alkanes of at least 4 members (excludes halogenated alkanes) is 1. The first kappa shape index (κ1) is 11.6. The number of hydrogen-bond donors (Lipinski definition) is 1. The van der Waals surface area contributed by atoms with Crippen LogP contribution >= 0.6 is 0 Å². The maximum atomic E-state index is 9.61. The van der Waals surface area contributed by atoms with E-state index in [1.54, 1.807) is 0 Å². The molecule has 2 atom stereocenters. The van der Waals surface area contributed by atoms with Crippen molar-refractivity contribution in [2.75, 3.05) is 6.61 Å². The minimum atomic E-state index is -0.187. The van der Waals surface area contributed by atoms with E-state index in [9.17, 15) is 5.11 Å². The summed E-state index contributed by atoms with van der Waals surface area (Å²) < 4.78 is 5.49. The molecule has 2 nitrogen and oxygen atoms in total. The Morgan fingerprint density at radius 1 is 1.50 bits per heavy atom. The Balaban J connectivity index is 1.97. The molecule has 1 fully saturated rings. The average molecular weight is 196 g/mol. The molecule has 0 amide bonds. The van der Waals surface area contributed by atoms with Crippen molar-refractivity contribution < 1.29 is 9.84 Å². The van der Waals surface area contributed by atoms with E-state index in [0.717, 1.165) is 45.1 Å². The van der Waals surface area contributed by atoms with Crippen molar-refractivity contribution in [1.82, 2.24) is 0 Å². The highest BCUT2D eigenvalue weighted by molar-refractivity contribution is 4.83. The predicted octanol–water partition coefficient (Wildman–Crippen LogP) is 2.11. The van der Waals surface area contributed by atoms with Crippen molar-refractivity contribution in [3.63, 3.8) is 0 Å². The molecule has 0 aliphatic carbocycles. The van der Waals surface area contributed by atoms with E-state index in [2.05, 4.69) is 5.92 Å². The third-order valence-corrected chi connectivity index (χ3v) is 2.70. The number of aliphatic hydroxyl groups excluding tert-OH is 1. The molecular weight excluding hydrogens is 176 g/mol. The van der Waals surface area contributed by atoms with Gasteiger partial charge < -0.3 is 9.84 Å². The Labute approximate surface area is 86.7 Å². The van der Waals surface area contributed by atoms with Crippen LogP contribution in [-0.2, 0) is 4.74 Å². The lowest BCUT2D eigenvalue weighted by atomic mass is 10.0. The molecule has 2 unspecified atom stereocenters. The van der Waals surface area contributed by atoms with Gasteiger partial charge in [-0.15, -0.1) is 12.3 Å². The Kier molecular flexibility index (Phi) is 5.66. The van der Waals surface area contributed by atoms with Gasteiger partial charge in [-0.25, -0.2) is 0 Å². The summed E-state index contributed by atoms with van der Waals surface area (Å²) in [6.07, 6.45) is 12.1. The lowest BCUT2D eigenvalue weighted by Crippen LogP contribution is -2.12. The molecule has 1 saturated heterocycles. The zero-order valence-corrected chi connectivity index (χ0v) is 8.74. The lowest BCUT2D eigenvalue weighted by molar-refractivity contribution is 0.0785. The third kappa shape index (κ3) is 4.64. The molecule has 0 aromatic carbocycles. The van der Waals surface area contributed by atoms with Crippen molar-refractivity contribution in [2.45, 2.75) is 57.2 Å². The van der Waals surface area contributed by atoms with E-state index in [4.69, 9.17) is 11.2 Å². The molecule has 1 heterocycles. The second-order valence-electron chi connectivity index (χ2n) is 3.96. The van der Waals surface area contributed by atoms with Crippen molar-refractivity contribution in [1.29, 1.82) is 0 Å². The highest BCUT2D eigenvalue weighted by Crippen LogP contribution is 2.18. The van der Waals surface area contributed by atoms with Crippen molar-refractivity contribution >= 4 is 0 Å². The van der Waals surface area contributed by atoms with Gasteiger partial charge in [0.05, 0.1) is 12.2 Å². The van der Waals surface area contributed by atoms with Crippen LogP contribution in [0.4, 0.5) is 0 Å². The van der Waals surface area contributed by atoms with Crippen LogP contribution in [0.1, 0.15) is 44.9 Å². The van der Waals surface area contributed by atoms with E-state index in [0.29, 0.717) is 6.10 Å². The third-order valence-electron chi connectivity index (χ3n) is 2.70. The second-order valence-corrected chi connectivity index (χ2v) is 3.96. The second kappa shape index (κ2) is 6.86. The van der Waals surface area contributed by atoms with Crippen LogP contribution in [0.2, 0.25) is 0 Å². The van der Waals surface area contributed by atoms with Gasteiger partial charge >= 0.3 is 0 Å². The lowest BCUT2D eigenvalue weighted by Gasteiger charge is -2.13. The quantitative estimate of drug-likeness (QED) is 0.521. The largest absolute Gasteiger partial charge is 0.393 e. The van der Waals surface area contributed by atoms with E-state index in [1.165, 1.54) is 6.42 Å². The molecule has 0 aromatic heterocycles. The molecule has 1 rings (SSSR count). The summed E-state index contributed by atoms with van der Waals surface area (Å²) in [6.45, 7) is 0.901.